The largest absolute Gasteiger partial charge is 0.345 e. The molecular formula is C23H24F4O2. The molecule has 1 saturated heterocycles. The molecule has 0 unspecified atom stereocenters. The van der Waals surface area contributed by atoms with Crippen LogP contribution in [0.15, 0.2) is 43.0 Å². The summed E-state index contributed by atoms with van der Waals surface area (Å²) in [6.45, 7) is 5.16. The van der Waals surface area contributed by atoms with E-state index in [-0.39, 0.29) is 29.9 Å². The lowest BCUT2D eigenvalue weighted by Gasteiger charge is -2.34. The highest BCUT2D eigenvalue weighted by Crippen LogP contribution is 2.35. The third kappa shape index (κ3) is 4.70. The van der Waals surface area contributed by atoms with Crippen LogP contribution < -0.4 is 0 Å². The highest BCUT2D eigenvalue weighted by molar-refractivity contribution is 5.66. The number of rotatable bonds is 7. The Morgan fingerprint density at radius 3 is 2.38 bits per heavy atom. The van der Waals surface area contributed by atoms with E-state index >= 15 is 0 Å². The van der Waals surface area contributed by atoms with Crippen molar-refractivity contribution in [2.24, 2.45) is 0 Å². The van der Waals surface area contributed by atoms with Gasteiger partial charge in [0.05, 0.1) is 13.2 Å². The summed E-state index contributed by atoms with van der Waals surface area (Å²) in [5, 5.41) is 0. The van der Waals surface area contributed by atoms with Crippen LogP contribution in [0, 0.1) is 17.5 Å². The van der Waals surface area contributed by atoms with E-state index in [1.54, 1.807) is 6.08 Å². The van der Waals surface area contributed by atoms with Gasteiger partial charge in [0, 0.05) is 16.7 Å². The summed E-state index contributed by atoms with van der Waals surface area (Å²) in [7, 11) is 0. The third-order valence-corrected chi connectivity index (χ3v) is 5.02. The number of halogens is 4. The average Bonchev–Trinajstić information content (AvgIpc) is 2.70. The van der Waals surface area contributed by atoms with Crippen LogP contribution in [0.1, 0.15) is 43.6 Å². The van der Waals surface area contributed by atoms with Gasteiger partial charge in [0.2, 0.25) is 0 Å². The summed E-state index contributed by atoms with van der Waals surface area (Å²) >= 11 is 0. The van der Waals surface area contributed by atoms with E-state index in [0.29, 0.717) is 31.2 Å². The first-order chi connectivity index (χ1) is 13.9. The molecule has 6 heteroatoms. The fourth-order valence-electron chi connectivity index (χ4n) is 3.47. The Bertz CT molecular complexity index is 873. The smallest absolute Gasteiger partial charge is 0.184 e. The molecule has 1 heterocycles. The summed E-state index contributed by atoms with van der Waals surface area (Å²) in [6.07, 6.45) is 2.53. The molecule has 0 N–H and O–H groups in total. The lowest BCUT2D eigenvalue weighted by molar-refractivity contribution is -0.239. The molecule has 0 radical (unpaired) electrons. The number of benzene rings is 2. The molecule has 0 aromatic heterocycles. The number of allylic oxidation sites excluding steroid dienone is 1. The van der Waals surface area contributed by atoms with Gasteiger partial charge >= 0.3 is 0 Å². The first kappa shape index (κ1) is 21.5. The van der Waals surface area contributed by atoms with Gasteiger partial charge in [-0.2, -0.15) is 0 Å². The molecule has 0 bridgehead atoms. The van der Waals surface area contributed by atoms with E-state index in [9.17, 15) is 17.6 Å². The van der Waals surface area contributed by atoms with Crippen molar-refractivity contribution in [3.05, 3.63) is 71.6 Å². The molecule has 0 atom stereocenters. The van der Waals surface area contributed by atoms with Gasteiger partial charge in [0.25, 0.3) is 0 Å². The van der Waals surface area contributed by atoms with E-state index in [2.05, 4.69) is 6.58 Å². The van der Waals surface area contributed by atoms with Crippen molar-refractivity contribution in [1.29, 1.82) is 0 Å². The minimum atomic E-state index is -1.54. The second-order valence-electron chi connectivity index (χ2n) is 7.32. The second-order valence-corrected chi connectivity index (χ2v) is 7.32. The number of hydrogen-bond acceptors (Lipinski definition) is 2. The maximum absolute atomic E-state index is 14.7. The van der Waals surface area contributed by atoms with Crippen LogP contribution >= 0.6 is 0 Å². The van der Waals surface area contributed by atoms with Gasteiger partial charge in [-0.3, -0.25) is 0 Å². The zero-order valence-corrected chi connectivity index (χ0v) is 16.3. The minimum absolute atomic E-state index is 0.0675. The number of hydrogen-bond donors (Lipinski definition) is 0. The summed E-state index contributed by atoms with van der Waals surface area (Å²) < 4.78 is 68.8. The van der Waals surface area contributed by atoms with Gasteiger partial charge in [-0.05, 0) is 30.9 Å². The molecule has 0 saturated carbocycles. The SMILES string of the molecule is C=CCCc1ccc(-c2ccc(C3OCC(F)(CCC)CO3)cc2F)c(F)c1F. The van der Waals surface area contributed by atoms with E-state index in [1.807, 2.05) is 6.92 Å². The molecule has 1 aliphatic heterocycles. The Balaban J connectivity index is 1.80. The Kier molecular flexibility index (Phi) is 6.75. The zero-order chi connectivity index (χ0) is 21.0. The van der Waals surface area contributed by atoms with E-state index in [4.69, 9.17) is 9.47 Å². The Labute approximate surface area is 168 Å². The molecule has 1 fully saturated rings. The quantitative estimate of drug-likeness (QED) is 0.388. The summed E-state index contributed by atoms with van der Waals surface area (Å²) in [5.74, 6) is -2.82. The van der Waals surface area contributed by atoms with Crippen molar-refractivity contribution in [3.63, 3.8) is 0 Å². The molecule has 29 heavy (non-hydrogen) atoms. The predicted molar refractivity (Wildman–Crippen MR) is 104 cm³/mol. The molecule has 1 aliphatic rings. The lowest BCUT2D eigenvalue weighted by Crippen LogP contribution is -2.41. The van der Waals surface area contributed by atoms with Gasteiger partial charge in [-0.15, -0.1) is 6.58 Å². The standard InChI is InChI=1S/C23H24F4O2/c1-3-5-6-15-7-10-18(21(26)20(15)25)17-9-8-16(12-19(17)24)22-28-13-23(27,11-4-2)14-29-22/h3,7-10,12,22H,1,4-6,11,13-14H2,2H3. The summed E-state index contributed by atoms with van der Waals surface area (Å²) in [5.41, 5.74) is -1.20. The maximum Gasteiger partial charge on any atom is 0.184 e. The average molecular weight is 408 g/mol. The fourth-order valence-corrected chi connectivity index (χ4v) is 3.47. The van der Waals surface area contributed by atoms with Crippen molar-refractivity contribution in [1.82, 2.24) is 0 Å². The Morgan fingerprint density at radius 1 is 1.07 bits per heavy atom. The van der Waals surface area contributed by atoms with Gasteiger partial charge in [0.15, 0.2) is 23.6 Å². The van der Waals surface area contributed by atoms with Crippen molar-refractivity contribution >= 4 is 0 Å². The second kappa shape index (κ2) is 9.09. The van der Waals surface area contributed by atoms with Crippen LogP contribution in [0.25, 0.3) is 11.1 Å². The van der Waals surface area contributed by atoms with E-state index < -0.39 is 29.4 Å². The van der Waals surface area contributed by atoms with Crippen LogP contribution in [0.3, 0.4) is 0 Å². The van der Waals surface area contributed by atoms with Gasteiger partial charge in [-0.1, -0.05) is 43.7 Å². The normalized spacial score (nSPS) is 21.9. The van der Waals surface area contributed by atoms with Crippen LogP contribution in [0.5, 0.6) is 0 Å². The first-order valence-electron chi connectivity index (χ1n) is 9.68. The monoisotopic (exact) mass is 408 g/mol. The third-order valence-electron chi connectivity index (χ3n) is 5.02. The van der Waals surface area contributed by atoms with Gasteiger partial charge in [-0.25, -0.2) is 17.6 Å². The highest BCUT2D eigenvalue weighted by atomic mass is 19.2. The van der Waals surface area contributed by atoms with Crippen molar-refractivity contribution < 1.29 is 27.0 Å². The summed E-state index contributed by atoms with van der Waals surface area (Å²) in [4.78, 5) is 0. The number of aryl methyl sites for hydroxylation is 1. The minimum Gasteiger partial charge on any atom is -0.345 e. The number of alkyl halides is 1. The summed E-state index contributed by atoms with van der Waals surface area (Å²) in [6, 6.07) is 6.82. The van der Waals surface area contributed by atoms with Gasteiger partial charge in [0.1, 0.15) is 5.82 Å². The first-order valence-corrected chi connectivity index (χ1v) is 9.68. The van der Waals surface area contributed by atoms with Crippen molar-refractivity contribution in [2.75, 3.05) is 13.2 Å². The van der Waals surface area contributed by atoms with E-state index in [1.165, 1.54) is 24.3 Å². The number of ether oxygens (including phenoxy) is 2. The topological polar surface area (TPSA) is 18.5 Å². The zero-order valence-electron chi connectivity index (χ0n) is 16.3. The molecule has 0 spiro atoms. The Hall–Kier alpha value is -2.18. The van der Waals surface area contributed by atoms with E-state index in [0.717, 1.165) is 6.07 Å². The maximum atomic E-state index is 14.7. The Morgan fingerprint density at radius 2 is 1.76 bits per heavy atom. The molecule has 3 rings (SSSR count). The lowest BCUT2D eigenvalue weighted by atomic mass is 9.98. The van der Waals surface area contributed by atoms with Crippen molar-refractivity contribution in [3.8, 4) is 11.1 Å². The molecule has 2 aromatic carbocycles. The van der Waals surface area contributed by atoms with Gasteiger partial charge < -0.3 is 9.47 Å². The highest BCUT2D eigenvalue weighted by Gasteiger charge is 2.37. The van der Waals surface area contributed by atoms with Crippen LogP contribution in [0.2, 0.25) is 0 Å². The molecular weight excluding hydrogens is 384 g/mol. The molecule has 2 nitrogen and oxygen atoms in total. The fraction of sp³-hybridized carbons (Fsp3) is 0.391. The molecule has 2 aromatic rings. The predicted octanol–water partition coefficient (Wildman–Crippen LogP) is 6.44. The van der Waals surface area contributed by atoms with Crippen LogP contribution in [0.4, 0.5) is 17.6 Å². The van der Waals surface area contributed by atoms with Crippen LogP contribution in [-0.4, -0.2) is 18.9 Å². The van der Waals surface area contributed by atoms with Crippen LogP contribution in [-0.2, 0) is 15.9 Å². The molecule has 0 amide bonds. The molecule has 0 aliphatic carbocycles. The van der Waals surface area contributed by atoms with Crippen molar-refractivity contribution in [2.45, 2.75) is 44.6 Å². The molecule has 156 valence electrons.